The first-order valence-corrected chi connectivity index (χ1v) is 7.35. The van der Waals surface area contributed by atoms with Gasteiger partial charge in [-0.25, -0.2) is 0 Å². The number of carboxylic acid groups (broad SMARTS) is 1. The van der Waals surface area contributed by atoms with Gasteiger partial charge in [-0.3, -0.25) is 9.59 Å². The van der Waals surface area contributed by atoms with Crippen LogP contribution in [0.25, 0.3) is 0 Å². The van der Waals surface area contributed by atoms with E-state index < -0.39 is 5.97 Å². The summed E-state index contributed by atoms with van der Waals surface area (Å²) < 4.78 is 0. The third-order valence-electron chi connectivity index (χ3n) is 2.43. The van der Waals surface area contributed by atoms with E-state index >= 15 is 0 Å². The summed E-state index contributed by atoms with van der Waals surface area (Å²) in [7, 11) is 0. The van der Waals surface area contributed by atoms with E-state index in [1.165, 1.54) is 0 Å². The molecule has 5 heteroatoms. The van der Waals surface area contributed by atoms with Gasteiger partial charge >= 0.3 is 5.97 Å². The summed E-state index contributed by atoms with van der Waals surface area (Å²) in [4.78, 5) is 23.0. The fourth-order valence-electron chi connectivity index (χ4n) is 1.54. The van der Waals surface area contributed by atoms with E-state index in [0.717, 1.165) is 22.8 Å². The molecule has 1 amide bonds. The van der Waals surface area contributed by atoms with Gasteiger partial charge in [-0.1, -0.05) is 19.1 Å². The molecule has 0 atom stereocenters. The third kappa shape index (κ3) is 6.29. The van der Waals surface area contributed by atoms with E-state index in [1.807, 2.05) is 31.2 Å². The van der Waals surface area contributed by atoms with Crippen molar-refractivity contribution in [3.8, 4) is 0 Å². The van der Waals surface area contributed by atoms with Crippen molar-refractivity contribution >= 4 is 29.3 Å². The molecule has 104 valence electrons. The Hall–Kier alpha value is -1.49. The van der Waals surface area contributed by atoms with Gasteiger partial charge in [0.15, 0.2) is 0 Å². The van der Waals surface area contributed by atoms with Crippen molar-refractivity contribution in [3.05, 3.63) is 24.3 Å². The van der Waals surface area contributed by atoms with Crippen LogP contribution in [0.3, 0.4) is 0 Å². The molecule has 1 rings (SSSR count). The quantitative estimate of drug-likeness (QED) is 0.566. The maximum Gasteiger partial charge on any atom is 0.303 e. The molecule has 0 radical (unpaired) electrons. The summed E-state index contributed by atoms with van der Waals surface area (Å²) in [6.07, 6.45) is 2.13. The number of rotatable bonds is 8. The van der Waals surface area contributed by atoms with Gasteiger partial charge in [0.05, 0.1) is 5.69 Å². The van der Waals surface area contributed by atoms with Crippen LogP contribution in [0.1, 0.15) is 32.6 Å². The number of anilines is 1. The third-order valence-corrected chi connectivity index (χ3v) is 3.59. The number of aliphatic carboxylic acids is 1. The molecule has 4 nitrogen and oxygen atoms in total. The number of carbonyl (C=O) groups excluding carboxylic acids is 1. The molecule has 1 aromatic carbocycles. The summed E-state index contributed by atoms with van der Waals surface area (Å²) >= 11 is 1.57. The normalized spacial score (nSPS) is 10.2. The number of carboxylic acids is 1. The predicted octanol–water partition coefficient (Wildman–Crippen LogP) is 3.38. The van der Waals surface area contributed by atoms with Crippen molar-refractivity contribution in [1.29, 1.82) is 0 Å². The Balaban J connectivity index is 2.52. The number of amides is 1. The SMILES string of the molecule is CCCC(=O)Nc1ccccc1SCCCC(=O)O. The van der Waals surface area contributed by atoms with Gasteiger partial charge in [-0.15, -0.1) is 11.8 Å². The molecule has 0 spiro atoms. The predicted molar refractivity (Wildman–Crippen MR) is 77.6 cm³/mol. The summed E-state index contributed by atoms with van der Waals surface area (Å²) in [5, 5.41) is 11.5. The second kappa shape index (κ2) is 8.58. The molecule has 0 fully saturated rings. The first-order valence-electron chi connectivity index (χ1n) is 6.37. The minimum atomic E-state index is -0.773. The lowest BCUT2D eigenvalue weighted by atomic mass is 10.3. The molecule has 0 saturated carbocycles. The Morgan fingerprint density at radius 3 is 2.68 bits per heavy atom. The highest BCUT2D eigenvalue weighted by molar-refractivity contribution is 7.99. The van der Waals surface area contributed by atoms with Gasteiger partial charge in [-0.05, 0) is 30.7 Å². The Morgan fingerprint density at radius 2 is 2.00 bits per heavy atom. The van der Waals surface area contributed by atoms with Crippen molar-refractivity contribution in [3.63, 3.8) is 0 Å². The zero-order chi connectivity index (χ0) is 14.1. The van der Waals surface area contributed by atoms with E-state index in [4.69, 9.17) is 5.11 Å². The number of hydrogen-bond donors (Lipinski definition) is 2. The van der Waals surface area contributed by atoms with Crippen molar-refractivity contribution in [2.75, 3.05) is 11.1 Å². The van der Waals surface area contributed by atoms with Gasteiger partial charge in [0, 0.05) is 17.7 Å². The topological polar surface area (TPSA) is 66.4 Å². The van der Waals surface area contributed by atoms with Gasteiger partial charge in [-0.2, -0.15) is 0 Å². The number of para-hydroxylation sites is 1. The van der Waals surface area contributed by atoms with Crippen molar-refractivity contribution in [2.24, 2.45) is 0 Å². The van der Waals surface area contributed by atoms with Crippen molar-refractivity contribution in [1.82, 2.24) is 0 Å². The molecular weight excluding hydrogens is 262 g/mol. The van der Waals surface area contributed by atoms with Crippen LogP contribution < -0.4 is 5.32 Å². The standard InChI is InChI=1S/C14H19NO3S/c1-2-6-13(16)15-11-7-3-4-8-12(11)19-10-5-9-14(17)18/h3-4,7-8H,2,5-6,9-10H2,1H3,(H,15,16)(H,17,18). The first kappa shape index (κ1) is 15.6. The molecule has 2 N–H and O–H groups in total. The van der Waals surface area contributed by atoms with E-state index in [2.05, 4.69) is 5.32 Å². The molecule has 0 aliphatic rings. The lowest BCUT2D eigenvalue weighted by Gasteiger charge is -2.10. The summed E-state index contributed by atoms with van der Waals surface area (Å²) in [5.74, 6) is -0.0290. The lowest BCUT2D eigenvalue weighted by molar-refractivity contribution is -0.137. The fourth-order valence-corrected chi connectivity index (χ4v) is 2.50. The second-order valence-electron chi connectivity index (χ2n) is 4.14. The summed E-state index contributed by atoms with van der Waals surface area (Å²) in [6, 6.07) is 7.60. The van der Waals surface area contributed by atoms with Crippen LogP contribution in [0.5, 0.6) is 0 Å². The van der Waals surface area contributed by atoms with Crippen LogP contribution in [-0.4, -0.2) is 22.7 Å². The van der Waals surface area contributed by atoms with Gasteiger partial charge in [0.1, 0.15) is 0 Å². The Morgan fingerprint density at radius 1 is 1.26 bits per heavy atom. The van der Waals surface area contributed by atoms with Crippen molar-refractivity contribution in [2.45, 2.75) is 37.5 Å². The van der Waals surface area contributed by atoms with Crippen LogP contribution in [0.2, 0.25) is 0 Å². The van der Waals surface area contributed by atoms with E-state index in [-0.39, 0.29) is 12.3 Å². The fraction of sp³-hybridized carbons (Fsp3) is 0.429. The highest BCUT2D eigenvalue weighted by atomic mass is 32.2. The maximum atomic E-state index is 11.6. The maximum absolute atomic E-state index is 11.6. The van der Waals surface area contributed by atoms with E-state index in [1.54, 1.807) is 11.8 Å². The Bertz CT molecular complexity index is 434. The average Bonchev–Trinajstić information content (AvgIpc) is 2.36. The molecule has 0 bridgehead atoms. The molecule has 19 heavy (non-hydrogen) atoms. The van der Waals surface area contributed by atoms with Crippen LogP contribution in [0.15, 0.2) is 29.2 Å². The number of carbonyl (C=O) groups is 2. The molecule has 0 aliphatic heterocycles. The molecule has 1 aromatic rings. The minimum Gasteiger partial charge on any atom is -0.481 e. The Kier molecular flexibility index (Phi) is 7.03. The average molecular weight is 281 g/mol. The molecule has 0 aromatic heterocycles. The minimum absolute atomic E-state index is 0.0149. The van der Waals surface area contributed by atoms with E-state index in [0.29, 0.717) is 12.8 Å². The number of thioether (sulfide) groups is 1. The first-order chi connectivity index (χ1) is 9.13. The monoisotopic (exact) mass is 281 g/mol. The number of nitrogens with one attached hydrogen (secondary N) is 1. The van der Waals surface area contributed by atoms with Crippen LogP contribution in [0, 0.1) is 0 Å². The van der Waals surface area contributed by atoms with Gasteiger partial charge in [0.25, 0.3) is 0 Å². The molecular formula is C14H19NO3S. The molecule has 0 aliphatic carbocycles. The van der Waals surface area contributed by atoms with E-state index in [9.17, 15) is 9.59 Å². The zero-order valence-corrected chi connectivity index (χ0v) is 11.8. The summed E-state index contributed by atoms with van der Waals surface area (Å²) in [5.41, 5.74) is 0.807. The Labute approximate surface area is 117 Å². The molecule has 0 unspecified atom stereocenters. The highest BCUT2D eigenvalue weighted by Gasteiger charge is 2.06. The lowest BCUT2D eigenvalue weighted by Crippen LogP contribution is -2.11. The van der Waals surface area contributed by atoms with Gasteiger partial charge in [0.2, 0.25) is 5.91 Å². The zero-order valence-electron chi connectivity index (χ0n) is 11.0. The van der Waals surface area contributed by atoms with Crippen LogP contribution in [0.4, 0.5) is 5.69 Å². The van der Waals surface area contributed by atoms with Crippen molar-refractivity contribution < 1.29 is 14.7 Å². The highest BCUT2D eigenvalue weighted by Crippen LogP contribution is 2.27. The van der Waals surface area contributed by atoms with Crippen LogP contribution in [-0.2, 0) is 9.59 Å². The summed E-state index contributed by atoms with van der Waals surface area (Å²) in [6.45, 7) is 1.96. The van der Waals surface area contributed by atoms with Crippen LogP contribution >= 0.6 is 11.8 Å². The second-order valence-corrected chi connectivity index (χ2v) is 5.28. The van der Waals surface area contributed by atoms with Gasteiger partial charge < -0.3 is 10.4 Å². The number of hydrogen-bond acceptors (Lipinski definition) is 3. The largest absolute Gasteiger partial charge is 0.481 e. The number of benzene rings is 1. The smallest absolute Gasteiger partial charge is 0.303 e. The molecule has 0 saturated heterocycles. The molecule has 0 heterocycles.